The number of hydrogen-bond donors (Lipinski definition) is 1. The number of hydrogen-bond acceptors (Lipinski definition) is 5. The van der Waals surface area contributed by atoms with E-state index in [1.54, 1.807) is 11.3 Å². The van der Waals surface area contributed by atoms with Gasteiger partial charge in [0.25, 0.3) is 0 Å². The highest BCUT2D eigenvalue weighted by Gasteiger charge is 2.27. The van der Waals surface area contributed by atoms with Crippen LogP contribution in [0.2, 0.25) is 0 Å². The van der Waals surface area contributed by atoms with E-state index in [4.69, 9.17) is 4.98 Å². The van der Waals surface area contributed by atoms with E-state index in [-0.39, 0.29) is 0 Å². The molecule has 0 saturated carbocycles. The molecule has 1 saturated heterocycles. The minimum Gasteiger partial charge on any atom is -0.337 e. The lowest BCUT2D eigenvalue weighted by Gasteiger charge is -2.35. The van der Waals surface area contributed by atoms with E-state index >= 15 is 0 Å². The average Bonchev–Trinajstić information content (AvgIpc) is 3.30. The highest BCUT2D eigenvalue weighted by molar-refractivity contribution is 7.09. The molecule has 26 heavy (non-hydrogen) atoms. The first kappa shape index (κ1) is 17.4. The van der Waals surface area contributed by atoms with Gasteiger partial charge in [0, 0.05) is 57.4 Å². The lowest BCUT2D eigenvalue weighted by atomic mass is 10.1. The Hall–Kier alpha value is -2.02. The lowest BCUT2D eigenvalue weighted by molar-refractivity contribution is 0.143. The second kappa shape index (κ2) is 8.12. The zero-order valence-corrected chi connectivity index (χ0v) is 16.0. The Kier molecular flexibility index (Phi) is 5.43. The Labute approximate surface area is 158 Å². The molecular formula is C20H25N5S. The van der Waals surface area contributed by atoms with Crippen molar-refractivity contribution in [2.45, 2.75) is 25.4 Å². The summed E-state index contributed by atoms with van der Waals surface area (Å²) in [7, 11) is 2.07. The quantitative estimate of drug-likeness (QED) is 0.728. The Balaban J connectivity index is 1.40. The van der Waals surface area contributed by atoms with Crippen LogP contribution < -0.4 is 5.32 Å². The first-order valence-corrected chi connectivity index (χ1v) is 10.1. The van der Waals surface area contributed by atoms with Crippen LogP contribution in [-0.2, 0) is 26.4 Å². The Bertz CT molecular complexity index is 826. The molecule has 3 heterocycles. The molecule has 0 amide bonds. The van der Waals surface area contributed by atoms with E-state index in [0.717, 1.165) is 44.8 Å². The maximum Gasteiger partial charge on any atom is 0.127 e. The number of benzene rings is 1. The fraction of sp³-hybridized carbons (Fsp3) is 0.400. The van der Waals surface area contributed by atoms with E-state index in [0.29, 0.717) is 6.04 Å². The van der Waals surface area contributed by atoms with Crippen LogP contribution in [0.3, 0.4) is 0 Å². The van der Waals surface area contributed by atoms with Crippen LogP contribution in [0.25, 0.3) is 0 Å². The van der Waals surface area contributed by atoms with Gasteiger partial charge >= 0.3 is 0 Å². The van der Waals surface area contributed by atoms with Gasteiger partial charge in [-0.15, -0.1) is 11.3 Å². The molecule has 0 bridgehead atoms. The third-order valence-electron chi connectivity index (χ3n) is 4.95. The second-order valence-electron chi connectivity index (χ2n) is 6.80. The van der Waals surface area contributed by atoms with Crippen LogP contribution in [0.1, 0.15) is 28.1 Å². The first-order valence-electron chi connectivity index (χ1n) is 9.19. The molecule has 1 atom stereocenters. The summed E-state index contributed by atoms with van der Waals surface area (Å²) in [6, 6.07) is 10.9. The topological polar surface area (TPSA) is 46.0 Å². The minimum absolute atomic E-state index is 0.304. The Morgan fingerprint density at radius 1 is 1.23 bits per heavy atom. The normalized spacial score (nSPS) is 18.3. The van der Waals surface area contributed by atoms with Gasteiger partial charge in [-0.2, -0.15) is 0 Å². The number of piperazine rings is 1. The maximum absolute atomic E-state index is 4.89. The second-order valence-corrected chi connectivity index (χ2v) is 7.75. The SMILES string of the molecule is Cn1ccnc1C1CNCCN1Cc1csc(CCc2ccccc2)n1. The van der Waals surface area contributed by atoms with E-state index < -0.39 is 0 Å². The monoisotopic (exact) mass is 367 g/mol. The standard InChI is InChI=1S/C20H25N5S/c1-24-11-10-22-20(24)18-13-21-9-12-25(18)14-17-15-26-19(23-17)8-7-16-5-3-2-4-6-16/h2-6,10-11,15,18,21H,7-9,12-14H2,1H3. The number of nitrogens with one attached hydrogen (secondary N) is 1. The molecule has 1 fully saturated rings. The zero-order valence-electron chi connectivity index (χ0n) is 15.1. The van der Waals surface area contributed by atoms with E-state index in [1.807, 2.05) is 12.4 Å². The van der Waals surface area contributed by atoms with Gasteiger partial charge in [0.05, 0.1) is 16.7 Å². The highest BCUT2D eigenvalue weighted by Crippen LogP contribution is 2.23. The summed E-state index contributed by atoms with van der Waals surface area (Å²) in [6.45, 7) is 3.87. The molecule has 0 aliphatic carbocycles. The molecule has 1 aromatic carbocycles. The molecule has 1 N–H and O–H groups in total. The van der Waals surface area contributed by atoms with Crippen LogP contribution in [0.5, 0.6) is 0 Å². The summed E-state index contributed by atoms with van der Waals surface area (Å²) < 4.78 is 2.12. The van der Waals surface area contributed by atoms with Crippen molar-refractivity contribution < 1.29 is 0 Å². The van der Waals surface area contributed by atoms with Gasteiger partial charge in [-0.25, -0.2) is 9.97 Å². The summed E-state index contributed by atoms with van der Waals surface area (Å²) in [5, 5.41) is 6.95. The minimum atomic E-state index is 0.304. The molecule has 2 aromatic heterocycles. The fourth-order valence-electron chi connectivity index (χ4n) is 3.53. The largest absolute Gasteiger partial charge is 0.337 e. The van der Waals surface area contributed by atoms with E-state index in [1.165, 1.54) is 16.3 Å². The van der Waals surface area contributed by atoms with Crippen molar-refractivity contribution in [3.8, 4) is 0 Å². The van der Waals surface area contributed by atoms with Gasteiger partial charge in [0.1, 0.15) is 5.82 Å². The molecule has 5 nitrogen and oxygen atoms in total. The summed E-state index contributed by atoms with van der Waals surface area (Å²) >= 11 is 1.78. The smallest absolute Gasteiger partial charge is 0.127 e. The summed E-state index contributed by atoms with van der Waals surface area (Å²) in [4.78, 5) is 11.9. The van der Waals surface area contributed by atoms with Gasteiger partial charge in [-0.05, 0) is 12.0 Å². The summed E-state index contributed by atoms with van der Waals surface area (Å²) in [6.07, 6.45) is 5.97. The van der Waals surface area contributed by atoms with Crippen molar-refractivity contribution in [1.82, 2.24) is 24.8 Å². The van der Waals surface area contributed by atoms with Crippen LogP contribution in [0.15, 0.2) is 48.1 Å². The molecule has 0 radical (unpaired) electrons. The molecule has 136 valence electrons. The Morgan fingerprint density at radius 3 is 2.92 bits per heavy atom. The molecule has 6 heteroatoms. The van der Waals surface area contributed by atoms with Crippen molar-refractivity contribution in [3.63, 3.8) is 0 Å². The number of thiazole rings is 1. The Morgan fingerprint density at radius 2 is 2.12 bits per heavy atom. The molecule has 4 rings (SSSR count). The number of rotatable bonds is 6. The van der Waals surface area contributed by atoms with Crippen molar-refractivity contribution in [3.05, 3.63) is 70.2 Å². The van der Waals surface area contributed by atoms with Gasteiger partial charge in [0.2, 0.25) is 0 Å². The van der Waals surface area contributed by atoms with Crippen LogP contribution in [-0.4, -0.2) is 39.1 Å². The fourth-order valence-corrected chi connectivity index (χ4v) is 4.32. The molecular weight excluding hydrogens is 342 g/mol. The highest BCUT2D eigenvalue weighted by atomic mass is 32.1. The van der Waals surface area contributed by atoms with E-state index in [9.17, 15) is 0 Å². The number of nitrogens with zero attached hydrogens (tertiary/aromatic N) is 4. The van der Waals surface area contributed by atoms with Crippen LogP contribution >= 0.6 is 11.3 Å². The van der Waals surface area contributed by atoms with Gasteiger partial charge in [0.15, 0.2) is 0 Å². The molecule has 3 aromatic rings. The van der Waals surface area contributed by atoms with Crippen molar-refractivity contribution in [1.29, 1.82) is 0 Å². The molecule has 1 unspecified atom stereocenters. The van der Waals surface area contributed by atoms with Gasteiger partial charge in [-0.3, -0.25) is 4.90 Å². The third kappa shape index (κ3) is 4.03. The maximum atomic E-state index is 4.89. The van der Waals surface area contributed by atoms with Crippen molar-refractivity contribution in [2.24, 2.45) is 7.05 Å². The summed E-state index contributed by atoms with van der Waals surface area (Å²) in [5.74, 6) is 1.12. The lowest BCUT2D eigenvalue weighted by Crippen LogP contribution is -2.46. The average molecular weight is 368 g/mol. The molecule has 1 aliphatic heterocycles. The first-order chi connectivity index (χ1) is 12.8. The zero-order chi connectivity index (χ0) is 17.8. The number of aryl methyl sites for hydroxylation is 3. The predicted octanol–water partition coefficient (Wildman–Crippen LogP) is 2.81. The van der Waals surface area contributed by atoms with Gasteiger partial charge in [-0.1, -0.05) is 30.3 Å². The third-order valence-corrected chi connectivity index (χ3v) is 5.90. The predicted molar refractivity (Wildman–Crippen MR) is 105 cm³/mol. The number of imidazole rings is 1. The van der Waals surface area contributed by atoms with Crippen LogP contribution in [0.4, 0.5) is 0 Å². The van der Waals surface area contributed by atoms with Crippen molar-refractivity contribution >= 4 is 11.3 Å². The molecule has 1 aliphatic rings. The van der Waals surface area contributed by atoms with E-state index in [2.05, 4.69) is 62.5 Å². The van der Waals surface area contributed by atoms with Gasteiger partial charge < -0.3 is 9.88 Å². The number of aromatic nitrogens is 3. The molecule has 0 spiro atoms. The van der Waals surface area contributed by atoms with Crippen molar-refractivity contribution in [2.75, 3.05) is 19.6 Å². The summed E-state index contributed by atoms with van der Waals surface area (Å²) in [5.41, 5.74) is 2.56. The van der Waals surface area contributed by atoms with Crippen LogP contribution in [0, 0.1) is 0 Å².